The van der Waals surface area contributed by atoms with E-state index >= 15 is 0 Å². The van der Waals surface area contributed by atoms with E-state index in [1.807, 2.05) is 0 Å². The first-order chi connectivity index (χ1) is 7.61. The smallest absolute Gasteiger partial charge is 0.330 e. The number of ether oxygens (including phenoxy) is 1. The highest BCUT2D eigenvalue weighted by atomic mass is 16.8. The Morgan fingerprint density at radius 2 is 2.31 bits per heavy atom. The van der Waals surface area contributed by atoms with Crippen LogP contribution < -0.4 is 11.2 Å². The van der Waals surface area contributed by atoms with Crippen molar-refractivity contribution in [1.82, 2.24) is 9.55 Å². The fourth-order valence-corrected chi connectivity index (χ4v) is 1.70. The van der Waals surface area contributed by atoms with Crippen LogP contribution in [0.5, 0.6) is 0 Å². The molecular formula is C9H12N2O5. The van der Waals surface area contributed by atoms with E-state index in [0.29, 0.717) is 0 Å². The second kappa shape index (κ2) is 4.20. The van der Waals surface area contributed by atoms with E-state index in [1.54, 1.807) is 0 Å². The summed E-state index contributed by atoms with van der Waals surface area (Å²) in [6.45, 7) is -0.310. The van der Waals surface area contributed by atoms with Crippen molar-refractivity contribution in [3.8, 4) is 0 Å². The lowest BCUT2D eigenvalue weighted by Gasteiger charge is -2.13. The molecule has 0 radical (unpaired) electrons. The number of rotatable bonds is 2. The summed E-state index contributed by atoms with van der Waals surface area (Å²) in [5.41, 5.74) is -1.08. The molecule has 1 aromatic heterocycles. The first-order valence-electron chi connectivity index (χ1n) is 4.87. The maximum absolute atomic E-state index is 11.4. The summed E-state index contributed by atoms with van der Waals surface area (Å²) in [6, 6.07) is 1.20. The number of hydrogen-bond acceptors (Lipinski definition) is 5. The van der Waals surface area contributed by atoms with Crippen LogP contribution in [0.1, 0.15) is 12.6 Å². The third-order valence-corrected chi connectivity index (χ3v) is 2.55. The monoisotopic (exact) mass is 239 g/mol. The van der Waals surface area contributed by atoms with E-state index in [9.17, 15) is 14.7 Å². The second-order valence-electron chi connectivity index (χ2n) is 3.63. The first-order valence-corrected chi connectivity index (χ1v) is 4.87. The van der Waals surface area contributed by atoms with Crippen molar-refractivity contribution in [3.63, 3.8) is 0 Å². The molecule has 1 aliphatic heterocycles. The second-order valence-corrected chi connectivity index (χ2v) is 3.63. The van der Waals surface area contributed by atoms with Crippen LogP contribution in [0.25, 0.3) is 0 Å². The average molecular weight is 239 g/mol. The Hall–Kier alpha value is -1.44. The topological polar surface area (TPSA) is 105 Å². The van der Waals surface area contributed by atoms with Gasteiger partial charge in [0.25, 0.3) is 5.56 Å². The highest BCUT2D eigenvalue weighted by Gasteiger charge is 2.34. The molecule has 1 aliphatic rings. The number of nitrogens with one attached hydrogen (secondary N) is 1. The molecule has 0 saturated carbocycles. The molecule has 0 bridgehead atoms. The fourth-order valence-electron chi connectivity index (χ4n) is 1.70. The van der Waals surface area contributed by atoms with Gasteiger partial charge < -0.3 is 14.9 Å². The molecule has 7 nitrogen and oxygen atoms in total. The van der Waals surface area contributed by atoms with Crippen molar-refractivity contribution in [2.75, 3.05) is 6.61 Å². The summed E-state index contributed by atoms with van der Waals surface area (Å²) in [5, 5.41) is 18.4. The predicted octanol–water partition coefficient (Wildman–Crippen LogP) is -1.82. The molecule has 0 unspecified atom stereocenters. The molecule has 16 heavy (non-hydrogen) atoms. The van der Waals surface area contributed by atoms with E-state index in [4.69, 9.17) is 9.84 Å². The zero-order valence-corrected chi connectivity index (χ0v) is 8.37. The van der Waals surface area contributed by atoms with Crippen LogP contribution in [0.3, 0.4) is 0 Å². The van der Waals surface area contributed by atoms with Crippen LogP contribution in [-0.4, -0.2) is 38.6 Å². The van der Waals surface area contributed by atoms with Crippen LogP contribution >= 0.6 is 0 Å². The Kier molecular flexibility index (Phi) is 2.90. The van der Waals surface area contributed by atoms with Gasteiger partial charge in [-0.15, -0.1) is 0 Å². The van der Waals surface area contributed by atoms with Crippen LogP contribution in [0.4, 0.5) is 0 Å². The average Bonchev–Trinajstić information content (AvgIpc) is 2.59. The Morgan fingerprint density at radius 3 is 2.88 bits per heavy atom. The molecular weight excluding hydrogens is 227 g/mol. The molecule has 3 atom stereocenters. The van der Waals surface area contributed by atoms with E-state index in [2.05, 4.69) is 4.98 Å². The van der Waals surface area contributed by atoms with Gasteiger partial charge in [0, 0.05) is 18.7 Å². The van der Waals surface area contributed by atoms with E-state index < -0.39 is 29.7 Å². The summed E-state index contributed by atoms with van der Waals surface area (Å²) < 4.78 is 6.45. The highest BCUT2D eigenvalue weighted by Crippen LogP contribution is 2.26. The summed E-state index contributed by atoms with van der Waals surface area (Å²) >= 11 is 0. The summed E-state index contributed by atoms with van der Waals surface area (Å²) in [4.78, 5) is 24.3. The maximum atomic E-state index is 11.4. The lowest BCUT2D eigenvalue weighted by atomic mass is 11.1. The minimum atomic E-state index is -0.811. The summed E-state index contributed by atoms with van der Waals surface area (Å²) in [5.74, 6) is 0. The molecule has 0 spiro atoms. The van der Waals surface area contributed by atoms with E-state index in [0.717, 1.165) is 0 Å². The molecule has 88 valence electrons. The van der Waals surface area contributed by atoms with Gasteiger partial charge in [0.1, 0.15) is 12.3 Å². The van der Waals surface area contributed by atoms with Crippen LogP contribution in [0.15, 0.2) is 21.9 Å². The Morgan fingerprint density at radius 1 is 1.56 bits per heavy atom. The zero-order valence-electron chi connectivity index (χ0n) is 8.37. The maximum Gasteiger partial charge on any atom is 0.330 e. The van der Waals surface area contributed by atoms with Gasteiger partial charge in [0.05, 0.1) is 12.7 Å². The number of H-pyrrole nitrogens is 1. The fraction of sp³-hybridized carbons (Fsp3) is 0.556. The van der Waals surface area contributed by atoms with Gasteiger partial charge in [-0.25, -0.2) is 4.79 Å². The largest absolute Gasteiger partial charge is 0.394 e. The third-order valence-electron chi connectivity index (χ3n) is 2.55. The van der Waals surface area contributed by atoms with Crippen molar-refractivity contribution in [2.45, 2.75) is 24.9 Å². The van der Waals surface area contributed by atoms with Gasteiger partial charge in [-0.1, -0.05) is 0 Å². The molecule has 0 aromatic carbocycles. The lowest BCUT2D eigenvalue weighted by molar-refractivity contribution is -0.0459. The highest BCUT2D eigenvalue weighted by molar-refractivity contribution is 4.88. The van der Waals surface area contributed by atoms with Crippen molar-refractivity contribution in [1.29, 1.82) is 0 Å². The standard InChI is InChI=1S/C9H12N2O5/c12-4-6-5(13)3-8(16-6)11-2-1-7(14)10-9(11)15/h1-2,5-6,8,12-13H,3-4H2,(H,10,14,15)/t5-,6+,8+/m0/s1/i1+1,2+1,3+1,4+1,5+1,6+1,7+1,8+1,9+1,10+1,11+1. The SMILES string of the molecule is O=[13c]1[13cH][13cH][15n]([13C@H]2[13CH2][13C@H](O)[13C@@H]([13CH2]O)O2)[13c](=O)[15nH]1. The van der Waals surface area contributed by atoms with Gasteiger partial charge in [-0.2, -0.15) is 0 Å². The Bertz CT molecular complexity index is 479. The number of hydrogen-bond donors (Lipinski definition) is 3. The van der Waals surface area contributed by atoms with Crippen molar-refractivity contribution in [2.24, 2.45) is 0 Å². The molecule has 0 amide bonds. The predicted molar refractivity (Wildman–Crippen MR) is 52.9 cm³/mol. The van der Waals surface area contributed by atoms with Gasteiger partial charge in [-0.3, -0.25) is 14.3 Å². The molecule has 1 aromatic rings. The summed E-state index contributed by atoms with van der Waals surface area (Å²) in [7, 11) is 0. The molecule has 7 heteroatoms. The Balaban J connectivity index is 2.27. The van der Waals surface area contributed by atoms with Crippen LogP contribution in [-0.2, 0) is 4.74 Å². The van der Waals surface area contributed by atoms with Gasteiger partial charge in [0.2, 0.25) is 0 Å². The van der Waals surface area contributed by atoms with E-state index in [-0.39, 0.29) is 13.0 Å². The number of aliphatic hydroxyl groups is 2. The number of aliphatic hydroxyl groups excluding tert-OH is 2. The molecule has 1 fully saturated rings. The number of aromatic nitrogens is 2. The summed E-state index contributed by atoms with van der Waals surface area (Å²) in [6.07, 6.45) is -0.649. The van der Waals surface area contributed by atoms with Crippen molar-refractivity contribution >= 4 is 0 Å². The molecule has 0 aliphatic carbocycles. The zero-order chi connectivity index (χ0) is 11.7. The number of aromatic amines is 1. The normalized spacial score (nSPS) is 29.5. The minimum Gasteiger partial charge on any atom is -0.394 e. The number of nitrogens with zero attached hydrogens (tertiary/aromatic N) is 1. The minimum absolute atomic E-state index is 0.206. The lowest BCUT2D eigenvalue weighted by Crippen LogP contribution is -2.31. The van der Waals surface area contributed by atoms with Gasteiger partial charge in [-0.05, 0) is 0 Å². The van der Waals surface area contributed by atoms with Gasteiger partial charge >= 0.3 is 5.69 Å². The Labute approximate surface area is 89.9 Å². The van der Waals surface area contributed by atoms with E-state index in [1.165, 1.54) is 16.8 Å². The molecule has 2 heterocycles. The van der Waals surface area contributed by atoms with Crippen LogP contribution in [0, 0.1) is 0 Å². The molecule has 2 rings (SSSR count). The van der Waals surface area contributed by atoms with Crippen molar-refractivity contribution < 1.29 is 14.9 Å². The van der Waals surface area contributed by atoms with Crippen molar-refractivity contribution in [3.05, 3.63) is 33.1 Å². The van der Waals surface area contributed by atoms with Crippen LogP contribution in [0.2, 0.25) is 0 Å². The molecule has 3 N–H and O–H groups in total. The molecule has 1 saturated heterocycles. The third kappa shape index (κ3) is 1.92. The van der Waals surface area contributed by atoms with Gasteiger partial charge in [0.15, 0.2) is 0 Å². The quantitative estimate of drug-likeness (QED) is 0.527. The first kappa shape index (κ1) is 11.1.